The minimum Gasteiger partial charge on any atom is -0.374 e. The summed E-state index contributed by atoms with van der Waals surface area (Å²) in [6, 6.07) is 6.37. The molecule has 0 bridgehead atoms. The van der Waals surface area contributed by atoms with Crippen LogP contribution in [0.15, 0.2) is 18.2 Å². The fourth-order valence-corrected chi connectivity index (χ4v) is 4.64. The van der Waals surface area contributed by atoms with E-state index in [0.717, 1.165) is 5.56 Å². The van der Waals surface area contributed by atoms with Gasteiger partial charge >= 0.3 is 0 Å². The van der Waals surface area contributed by atoms with Crippen molar-refractivity contribution in [3.63, 3.8) is 0 Å². The molecule has 0 aromatic heterocycles. The van der Waals surface area contributed by atoms with Crippen LogP contribution in [0.5, 0.6) is 0 Å². The molecule has 6 atom stereocenters. The number of hydrogen-bond acceptors (Lipinski definition) is 6. The van der Waals surface area contributed by atoms with Crippen LogP contribution >= 0.6 is 0 Å². The van der Waals surface area contributed by atoms with Gasteiger partial charge in [0.2, 0.25) is 0 Å². The summed E-state index contributed by atoms with van der Waals surface area (Å²) in [6.07, 6.45) is -1.63. The fraction of sp³-hybridized carbons (Fsp3) is 0.727. The van der Waals surface area contributed by atoms with Gasteiger partial charge < -0.3 is 28.4 Å². The van der Waals surface area contributed by atoms with Crippen molar-refractivity contribution in [2.75, 3.05) is 13.7 Å². The summed E-state index contributed by atoms with van der Waals surface area (Å²) in [7, 11) is 1.71. The van der Waals surface area contributed by atoms with E-state index >= 15 is 0 Å². The fourth-order valence-electron chi connectivity index (χ4n) is 4.64. The molecule has 0 aliphatic carbocycles. The number of ether oxygens (including phenoxy) is 6. The summed E-state index contributed by atoms with van der Waals surface area (Å²) < 4.78 is 37.1. The Balaban J connectivity index is 1.69. The van der Waals surface area contributed by atoms with E-state index in [2.05, 4.69) is 32.0 Å². The topological polar surface area (TPSA) is 55.4 Å². The highest BCUT2D eigenvalue weighted by molar-refractivity contribution is 5.33. The maximum Gasteiger partial charge on any atom is 0.164 e. The van der Waals surface area contributed by atoms with Gasteiger partial charge in [-0.25, -0.2) is 0 Å². The minimum absolute atomic E-state index is 0.236. The summed E-state index contributed by atoms with van der Waals surface area (Å²) >= 11 is 0. The minimum atomic E-state index is -0.710. The van der Waals surface area contributed by atoms with Crippen molar-refractivity contribution in [1.82, 2.24) is 0 Å². The molecule has 1 aromatic carbocycles. The second-order valence-electron chi connectivity index (χ2n) is 9.01. The molecular formula is C22H32O6. The Labute approximate surface area is 167 Å². The lowest BCUT2D eigenvalue weighted by Crippen LogP contribution is -2.64. The van der Waals surface area contributed by atoms with Crippen molar-refractivity contribution < 1.29 is 28.4 Å². The van der Waals surface area contributed by atoms with Crippen LogP contribution < -0.4 is 0 Å². The summed E-state index contributed by atoms with van der Waals surface area (Å²) in [5, 5.41) is 0. The van der Waals surface area contributed by atoms with Crippen LogP contribution in [0.4, 0.5) is 0 Å². The zero-order valence-electron chi connectivity index (χ0n) is 17.9. The first-order valence-corrected chi connectivity index (χ1v) is 10.0. The Hall–Kier alpha value is -1.02. The molecule has 3 saturated heterocycles. The second-order valence-corrected chi connectivity index (χ2v) is 9.01. The van der Waals surface area contributed by atoms with Crippen LogP contribution in [0.3, 0.4) is 0 Å². The Bertz CT molecular complexity index is 730. The molecule has 2 unspecified atom stereocenters. The number of benzene rings is 1. The predicted octanol–water partition coefficient (Wildman–Crippen LogP) is 3.43. The van der Waals surface area contributed by atoms with Crippen LogP contribution in [0.1, 0.15) is 50.5 Å². The van der Waals surface area contributed by atoms with Gasteiger partial charge in [0.05, 0.1) is 6.61 Å². The number of hydrogen-bond donors (Lipinski definition) is 0. The van der Waals surface area contributed by atoms with Gasteiger partial charge in [-0.3, -0.25) is 0 Å². The summed E-state index contributed by atoms with van der Waals surface area (Å²) in [6.45, 7) is 12.3. The van der Waals surface area contributed by atoms with Gasteiger partial charge in [-0.1, -0.05) is 23.8 Å². The number of fused-ring (bicyclic) bond motifs is 3. The highest BCUT2D eigenvalue weighted by Crippen LogP contribution is 2.45. The van der Waals surface area contributed by atoms with E-state index in [-0.39, 0.29) is 36.6 Å². The molecule has 6 nitrogen and oxygen atoms in total. The molecule has 3 aliphatic heterocycles. The van der Waals surface area contributed by atoms with E-state index in [0.29, 0.717) is 6.61 Å². The molecule has 0 saturated carbocycles. The predicted molar refractivity (Wildman–Crippen MR) is 103 cm³/mol. The molecule has 0 N–H and O–H groups in total. The van der Waals surface area contributed by atoms with Crippen molar-refractivity contribution >= 4 is 0 Å². The van der Waals surface area contributed by atoms with E-state index in [1.165, 1.54) is 11.1 Å². The third-order valence-electron chi connectivity index (χ3n) is 5.81. The van der Waals surface area contributed by atoms with Crippen molar-refractivity contribution in [3.05, 3.63) is 34.9 Å². The average Bonchev–Trinajstić information content (AvgIpc) is 2.93. The van der Waals surface area contributed by atoms with Gasteiger partial charge in [0.25, 0.3) is 0 Å². The number of aryl methyl sites for hydroxylation is 2. The SMILES string of the molecule is COC(c1ccc(C)cc1C)C1O[C@@H]2COC(C)(C)O[C@H]2[C@@H]2OC(C)(C)O[C@H]12. The van der Waals surface area contributed by atoms with E-state index in [1.807, 2.05) is 27.7 Å². The second kappa shape index (κ2) is 7.04. The lowest BCUT2D eigenvalue weighted by molar-refractivity contribution is -0.353. The van der Waals surface area contributed by atoms with Crippen LogP contribution in [-0.2, 0) is 28.4 Å². The van der Waals surface area contributed by atoms with Gasteiger partial charge in [0.15, 0.2) is 11.6 Å². The van der Waals surface area contributed by atoms with E-state index in [9.17, 15) is 0 Å². The lowest BCUT2D eigenvalue weighted by atomic mass is 9.87. The van der Waals surface area contributed by atoms with Crippen molar-refractivity contribution in [2.24, 2.45) is 0 Å². The van der Waals surface area contributed by atoms with Crippen molar-refractivity contribution in [1.29, 1.82) is 0 Å². The lowest BCUT2D eigenvalue weighted by Gasteiger charge is -2.49. The molecule has 3 fully saturated rings. The standard InChI is InChI=1S/C22H32O6/c1-12-8-9-14(13(2)10-12)16(23-7)18-20-19(27-22(5,6)28-20)17-15(25-18)11-24-21(3,4)26-17/h8-10,15-20H,11H2,1-7H3/t15-,16?,17-,18?,19+,20-/m1/s1. The molecule has 28 heavy (non-hydrogen) atoms. The highest BCUT2D eigenvalue weighted by atomic mass is 16.8. The third kappa shape index (κ3) is 3.62. The molecular weight excluding hydrogens is 360 g/mol. The summed E-state index contributed by atoms with van der Waals surface area (Å²) in [4.78, 5) is 0. The largest absolute Gasteiger partial charge is 0.374 e. The molecule has 3 aliphatic rings. The molecule has 156 valence electrons. The Morgan fingerprint density at radius 1 is 0.964 bits per heavy atom. The van der Waals surface area contributed by atoms with E-state index < -0.39 is 11.6 Å². The van der Waals surface area contributed by atoms with Crippen molar-refractivity contribution in [3.8, 4) is 0 Å². The van der Waals surface area contributed by atoms with Gasteiger partial charge in [-0.15, -0.1) is 0 Å². The van der Waals surface area contributed by atoms with Crippen LogP contribution in [0.25, 0.3) is 0 Å². The van der Waals surface area contributed by atoms with Crippen LogP contribution in [0.2, 0.25) is 0 Å². The Morgan fingerprint density at radius 2 is 1.64 bits per heavy atom. The first-order chi connectivity index (χ1) is 13.1. The van der Waals surface area contributed by atoms with Gasteiger partial charge in [-0.2, -0.15) is 0 Å². The normalized spacial score (nSPS) is 37.2. The first-order valence-electron chi connectivity index (χ1n) is 10.0. The maximum atomic E-state index is 6.50. The monoisotopic (exact) mass is 392 g/mol. The average molecular weight is 392 g/mol. The quantitative estimate of drug-likeness (QED) is 0.786. The molecule has 1 aromatic rings. The third-order valence-corrected chi connectivity index (χ3v) is 5.81. The van der Waals surface area contributed by atoms with Gasteiger partial charge in [-0.05, 0) is 52.7 Å². The van der Waals surface area contributed by atoms with Gasteiger partial charge in [0, 0.05) is 7.11 Å². The zero-order valence-corrected chi connectivity index (χ0v) is 17.9. The highest BCUT2D eigenvalue weighted by Gasteiger charge is 2.60. The smallest absolute Gasteiger partial charge is 0.164 e. The molecule has 6 heteroatoms. The molecule has 0 radical (unpaired) electrons. The van der Waals surface area contributed by atoms with E-state index in [1.54, 1.807) is 7.11 Å². The molecule has 0 amide bonds. The Morgan fingerprint density at radius 3 is 2.32 bits per heavy atom. The van der Waals surface area contributed by atoms with Crippen LogP contribution in [0, 0.1) is 13.8 Å². The van der Waals surface area contributed by atoms with Gasteiger partial charge in [0.1, 0.15) is 36.6 Å². The first kappa shape index (κ1) is 20.3. The summed E-state index contributed by atoms with van der Waals surface area (Å²) in [5.74, 6) is -1.38. The maximum absolute atomic E-state index is 6.50. The van der Waals surface area contributed by atoms with Crippen LogP contribution in [-0.4, -0.2) is 55.8 Å². The molecule has 0 spiro atoms. The van der Waals surface area contributed by atoms with E-state index in [4.69, 9.17) is 28.4 Å². The molecule has 4 rings (SSSR count). The summed E-state index contributed by atoms with van der Waals surface area (Å²) in [5.41, 5.74) is 3.49. The number of rotatable bonds is 3. The Kier molecular flexibility index (Phi) is 5.10. The molecule has 3 heterocycles. The number of methoxy groups -OCH3 is 1. The zero-order chi connectivity index (χ0) is 20.3. The van der Waals surface area contributed by atoms with Crippen molar-refractivity contribution in [2.45, 2.75) is 89.7 Å².